The number of hydrogen-bond donors (Lipinski definition) is 2. The molecule has 1 amide bonds. The Balaban J connectivity index is 2.74. The zero-order valence-corrected chi connectivity index (χ0v) is 13.2. The summed E-state index contributed by atoms with van der Waals surface area (Å²) in [7, 11) is 0. The third-order valence-corrected chi connectivity index (χ3v) is 3.59. The Bertz CT molecular complexity index is 342. The summed E-state index contributed by atoms with van der Waals surface area (Å²) in [6, 6.07) is -0.310. The van der Waals surface area contributed by atoms with Crippen LogP contribution in [0.15, 0.2) is 0 Å². The van der Waals surface area contributed by atoms with Gasteiger partial charge in [0.25, 0.3) is 0 Å². The SMILES string of the molecule is CCOC(=O)CC1N[C@@H](CC(C)C)C(=O)N[C@H]1C(C)C. The molecule has 0 aliphatic carbocycles. The molecule has 3 atom stereocenters. The Kier molecular flexibility index (Phi) is 6.46. The highest BCUT2D eigenvalue weighted by Crippen LogP contribution is 2.18. The zero-order chi connectivity index (χ0) is 15.3. The number of esters is 1. The molecule has 0 radical (unpaired) electrons. The molecule has 1 aliphatic heterocycles. The van der Waals surface area contributed by atoms with Gasteiger partial charge < -0.3 is 15.4 Å². The average molecular weight is 284 g/mol. The number of carbonyl (C=O) groups is 2. The van der Waals surface area contributed by atoms with Crippen molar-refractivity contribution in [2.45, 2.75) is 65.6 Å². The van der Waals surface area contributed by atoms with Gasteiger partial charge >= 0.3 is 5.97 Å². The van der Waals surface area contributed by atoms with Crippen molar-refractivity contribution in [3.8, 4) is 0 Å². The minimum Gasteiger partial charge on any atom is -0.466 e. The van der Waals surface area contributed by atoms with E-state index < -0.39 is 0 Å². The predicted octanol–water partition coefficient (Wildman–Crippen LogP) is 1.47. The summed E-state index contributed by atoms with van der Waals surface area (Å²) in [6.45, 7) is 10.5. The van der Waals surface area contributed by atoms with Crippen molar-refractivity contribution in [1.82, 2.24) is 10.6 Å². The van der Waals surface area contributed by atoms with Crippen LogP contribution in [-0.4, -0.2) is 36.6 Å². The van der Waals surface area contributed by atoms with Crippen LogP contribution in [0.4, 0.5) is 0 Å². The van der Waals surface area contributed by atoms with E-state index in [4.69, 9.17) is 4.74 Å². The highest BCUT2D eigenvalue weighted by molar-refractivity contribution is 5.83. The first-order chi connectivity index (χ1) is 9.35. The average Bonchev–Trinajstić information content (AvgIpc) is 2.32. The van der Waals surface area contributed by atoms with Crippen LogP contribution in [0.25, 0.3) is 0 Å². The molecule has 0 spiro atoms. The van der Waals surface area contributed by atoms with Crippen LogP contribution in [0.2, 0.25) is 0 Å². The van der Waals surface area contributed by atoms with Crippen LogP contribution < -0.4 is 10.6 Å². The van der Waals surface area contributed by atoms with Crippen LogP contribution in [-0.2, 0) is 14.3 Å². The number of amides is 1. The third kappa shape index (κ3) is 4.78. The molecule has 1 unspecified atom stereocenters. The van der Waals surface area contributed by atoms with E-state index in [9.17, 15) is 9.59 Å². The van der Waals surface area contributed by atoms with E-state index in [1.807, 2.05) is 13.8 Å². The quantitative estimate of drug-likeness (QED) is 0.725. The lowest BCUT2D eigenvalue weighted by Crippen LogP contribution is -2.66. The molecule has 0 saturated carbocycles. The maximum atomic E-state index is 12.1. The van der Waals surface area contributed by atoms with Crippen molar-refractivity contribution in [1.29, 1.82) is 0 Å². The summed E-state index contributed by atoms with van der Waals surface area (Å²) in [6.07, 6.45) is 1.07. The summed E-state index contributed by atoms with van der Waals surface area (Å²) in [5.41, 5.74) is 0. The third-order valence-electron chi connectivity index (χ3n) is 3.59. The van der Waals surface area contributed by atoms with Gasteiger partial charge in [-0.05, 0) is 25.2 Å². The molecular weight excluding hydrogens is 256 g/mol. The summed E-state index contributed by atoms with van der Waals surface area (Å²) >= 11 is 0. The molecule has 0 bridgehead atoms. The Labute approximate surface area is 121 Å². The van der Waals surface area contributed by atoms with Crippen molar-refractivity contribution in [2.24, 2.45) is 11.8 Å². The number of ether oxygens (including phenoxy) is 1. The molecule has 1 fully saturated rings. The van der Waals surface area contributed by atoms with Crippen molar-refractivity contribution in [3.63, 3.8) is 0 Å². The summed E-state index contributed by atoms with van der Waals surface area (Å²) in [4.78, 5) is 23.8. The molecule has 0 aromatic heterocycles. The molecule has 20 heavy (non-hydrogen) atoms. The molecule has 116 valence electrons. The van der Waals surface area contributed by atoms with E-state index >= 15 is 0 Å². The number of rotatable bonds is 6. The van der Waals surface area contributed by atoms with E-state index in [1.165, 1.54) is 0 Å². The molecule has 1 rings (SSSR count). The number of hydrogen-bond acceptors (Lipinski definition) is 4. The normalized spacial score (nSPS) is 26.8. The van der Waals surface area contributed by atoms with Gasteiger partial charge in [-0.15, -0.1) is 0 Å². The van der Waals surface area contributed by atoms with Crippen molar-refractivity contribution < 1.29 is 14.3 Å². The minimum absolute atomic E-state index is 0.0321. The van der Waals surface area contributed by atoms with Gasteiger partial charge in [-0.25, -0.2) is 0 Å². The first-order valence-corrected chi connectivity index (χ1v) is 7.57. The second kappa shape index (κ2) is 7.62. The lowest BCUT2D eigenvalue weighted by Gasteiger charge is -2.40. The van der Waals surface area contributed by atoms with Crippen LogP contribution in [0, 0.1) is 11.8 Å². The number of carbonyl (C=O) groups excluding carboxylic acids is 2. The monoisotopic (exact) mass is 284 g/mol. The molecule has 5 heteroatoms. The van der Waals surface area contributed by atoms with E-state index in [0.29, 0.717) is 18.9 Å². The molecular formula is C15H28N2O3. The van der Waals surface area contributed by atoms with E-state index in [0.717, 1.165) is 6.42 Å². The van der Waals surface area contributed by atoms with Crippen LogP contribution >= 0.6 is 0 Å². The van der Waals surface area contributed by atoms with E-state index in [-0.39, 0.29) is 35.9 Å². The molecule has 0 aromatic rings. The van der Waals surface area contributed by atoms with Crippen molar-refractivity contribution in [2.75, 3.05) is 6.61 Å². The maximum Gasteiger partial charge on any atom is 0.307 e. The molecule has 1 aliphatic rings. The van der Waals surface area contributed by atoms with Crippen LogP contribution in [0.1, 0.15) is 47.5 Å². The zero-order valence-electron chi connectivity index (χ0n) is 13.2. The summed E-state index contributed by atoms with van der Waals surface area (Å²) < 4.78 is 5.02. The van der Waals surface area contributed by atoms with Gasteiger partial charge in [-0.2, -0.15) is 0 Å². The van der Waals surface area contributed by atoms with Gasteiger partial charge in [0.2, 0.25) is 5.91 Å². The fraction of sp³-hybridized carbons (Fsp3) is 0.867. The van der Waals surface area contributed by atoms with E-state index in [2.05, 4.69) is 24.5 Å². The standard InChI is InChI=1S/C15H28N2O3/c1-6-20-13(18)8-11-14(10(4)5)17-15(19)12(16-11)7-9(2)3/h9-12,14,16H,6-8H2,1-5H3,(H,17,19)/t11?,12-,14-/m0/s1. The smallest absolute Gasteiger partial charge is 0.307 e. The lowest BCUT2D eigenvalue weighted by atomic mass is 9.89. The Morgan fingerprint density at radius 2 is 1.95 bits per heavy atom. The minimum atomic E-state index is -0.218. The van der Waals surface area contributed by atoms with Crippen LogP contribution in [0.5, 0.6) is 0 Å². The second-order valence-electron chi connectivity index (χ2n) is 6.24. The first-order valence-electron chi connectivity index (χ1n) is 7.57. The Morgan fingerprint density at radius 3 is 2.45 bits per heavy atom. The first kappa shape index (κ1) is 17.0. The van der Waals surface area contributed by atoms with E-state index in [1.54, 1.807) is 6.92 Å². The largest absolute Gasteiger partial charge is 0.466 e. The molecule has 1 heterocycles. The molecule has 0 aromatic carbocycles. The highest BCUT2D eigenvalue weighted by Gasteiger charge is 2.37. The molecule has 2 N–H and O–H groups in total. The topological polar surface area (TPSA) is 67.4 Å². The van der Waals surface area contributed by atoms with Gasteiger partial charge in [0.05, 0.1) is 19.1 Å². The van der Waals surface area contributed by atoms with Gasteiger partial charge in [-0.3, -0.25) is 9.59 Å². The predicted molar refractivity (Wildman–Crippen MR) is 78.2 cm³/mol. The van der Waals surface area contributed by atoms with Gasteiger partial charge in [0.15, 0.2) is 0 Å². The Hall–Kier alpha value is -1.10. The van der Waals surface area contributed by atoms with Crippen molar-refractivity contribution in [3.05, 3.63) is 0 Å². The number of nitrogens with one attached hydrogen (secondary N) is 2. The van der Waals surface area contributed by atoms with Gasteiger partial charge in [0, 0.05) is 12.1 Å². The van der Waals surface area contributed by atoms with Crippen molar-refractivity contribution >= 4 is 11.9 Å². The molecule has 1 saturated heterocycles. The summed E-state index contributed by atoms with van der Waals surface area (Å²) in [5.74, 6) is 0.524. The van der Waals surface area contributed by atoms with Gasteiger partial charge in [0.1, 0.15) is 0 Å². The molecule has 5 nitrogen and oxygen atoms in total. The number of piperazine rings is 1. The maximum absolute atomic E-state index is 12.1. The fourth-order valence-corrected chi connectivity index (χ4v) is 2.67. The fourth-order valence-electron chi connectivity index (χ4n) is 2.67. The Morgan fingerprint density at radius 1 is 1.30 bits per heavy atom. The second-order valence-corrected chi connectivity index (χ2v) is 6.24. The van der Waals surface area contributed by atoms with Gasteiger partial charge in [-0.1, -0.05) is 27.7 Å². The highest BCUT2D eigenvalue weighted by atomic mass is 16.5. The van der Waals surface area contributed by atoms with Crippen LogP contribution in [0.3, 0.4) is 0 Å². The lowest BCUT2D eigenvalue weighted by molar-refractivity contribution is -0.145. The summed E-state index contributed by atoms with van der Waals surface area (Å²) in [5, 5.41) is 6.40.